The van der Waals surface area contributed by atoms with Crippen molar-refractivity contribution >= 4 is 0 Å². The van der Waals surface area contributed by atoms with E-state index in [0.717, 1.165) is 37.6 Å². The summed E-state index contributed by atoms with van der Waals surface area (Å²) < 4.78 is 2.12. The minimum atomic E-state index is 0.217. The molecule has 2 rings (SSSR count). The van der Waals surface area contributed by atoms with Crippen LogP contribution in [0.3, 0.4) is 0 Å². The van der Waals surface area contributed by atoms with Crippen molar-refractivity contribution in [1.29, 1.82) is 0 Å². The predicted molar refractivity (Wildman–Crippen MR) is 61.1 cm³/mol. The Morgan fingerprint density at radius 2 is 2.31 bits per heavy atom. The van der Waals surface area contributed by atoms with Crippen molar-refractivity contribution in [2.75, 3.05) is 13.2 Å². The number of hydrogen-bond donors (Lipinski definition) is 2. The number of aliphatic hydroxyl groups excluding tert-OH is 1. The van der Waals surface area contributed by atoms with E-state index in [0.29, 0.717) is 6.04 Å². The van der Waals surface area contributed by atoms with Gasteiger partial charge >= 0.3 is 0 Å². The highest BCUT2D eigenvalue weighted by Crippen LogP contribution is 2.22. The molecule has 1 saturated heterocycles. The molecule has 0 spiro atoms. The lowest BCUT2D eigenvalue weighted by Gasteiger charge is -2.23. The van der Waals surface area contributed by atoms with Gasteiger partial charge in [0, 0.05) is 13.2 Å². The SMILES string of the molecule is Cc1nnc(C2CCCCN2)n1CCCO. The molecule has 5 nitrogen and oxygen atoms in total. The number of nitrogens with one attached hydrogen (secondary N) is 1. The van der Waals surface area contributed by atoms with Crippen molar-refractivity contribution in [3.8, 4) is 0 Å². The standard InChI is InChI=1S/C11H20N4O/c1-9-13-14-11(15(9)7-4-8-16)10-5-2-3-6-12-10/h10,12,16H,2-8H2,1H3. The van der Waals surface area contributed by atoms with Gasteiger partial charge in [0.2, 0.25) is 0 Å². The number of piperidine rings is 1. The Balaban J connectivity index is 2.12. The van der Waals surface area contributed by atoms with Crippen molar-refractivity contribution in [3.63, 3.8) is 0 Å². The Morgan fingerprint density at radius 3 is 3.00 bits per heavy atom. The van der Waals surface area contributed by atoms with E-state index in [1.54, 1.807) is 0 Å². The quantitative estimate of drug-likeness (QED) is 0.793. The average molecular weight is 224 g/mol. The molecule has 2 N–H and O–H groups in total. The fourth-order valence-corrected chi connectivity index (χ4v) is 2.23. The Hall–Kier alpha value is -0.940. The molecule has 1 aliphatic heterocycles. The van der Waals surface area contributed by atoms with Crippen molar-refractivity contribution in [3.05, 3.63) is 11.6 Å². The predicted octanol–water partition coefficient (Wildman–Crippen LogP) is 0.784. The summed E-state index contributed by atoms with van der Waals surface area (Å²) in [6.07, 6.45) is 4.40. The fourth-order valence-electron chi connectivity index (χ4n) is 2.23. The molecule has 5 heteroatoms. The highest BCUT2D eigenvalue weighted by molar-refractivity contribution is 5.01. The molecular weight excluding hydrogens is 204 g/mol. The van der Waals surface area contributed by atoms with Gasteiger partial charge in [-0.25, -0.2) is 0 Å². The number of rotatable bonds is 4. The van der Waals surface area contributed by atoms with Crippen LogP contribution in [-0.2, 0) is 6.54 Å². The van der Waals surface area contributed by atoms with Crippen LogP contribution in [0.25, 0.3) is 0 Å². The monoisotopic (exact) mass is 224 g/mol. The van der Waals surface area contributed by atoms with E-state index in [-0.39, 0.29) is 6.61 Å². The Bertz CT molecular complexity index is 331. The molecule has 2 heterocycles. The molecule has 0 aliphatic carbocycles. The van der Waals surface area contributed by atoms with Gasteiger partial charge in [0.05, 0.1) is 6.04 Å². The summed E-state index contributed by atoms with van der Waals surface area (Å²) in [7, 11) is 0. The lowest BCUT2D eigenvalue weighted by Crippen LogP contribution is -2.29. The third kappa shape index (κ3) is 2.41. The topological polar surface area (TPSA) is 63.0 Å². The minimum Gasteiger partial charge on any atom is -0.396 e. The molecule has 0 amide bonds. The second-order valence-electron chi connectivity index (χ2n) is 4.34. The summed E-state index contributed by atoms with van der Waals surface area (Å²) in [6.45, 7) is 4.06. The first-order valence-corrected chi connectivity index (χ1v) is 6.07. The van der Waals surface area contributed by atoms with Crippen molar-refractivity contribution < 1.29 is 5.11 Å². The maximum Gasteiger partial charge on any atom is 0.150 e. The molecule has 90 valence electrons. The summed E-state index contributed by atoms with van der Waals surface area (Å²) in [6, 6.07) is 0.341. The van der Waals surface area contributed by atoms with E-state index < -0.39 is 0 Å². The van der Waals surface area contributed by atoms with E-state index >= 15 is 0 Å². The molecule has 0 radical (unpaired) electrons. The molecule has 1 fully saturated rings. The van der Waals surface area contributed by atoms with Crippen molar-refractivity contribution in [1.82, 2.24) is 20.1 Å². The van der Waals surface area contributed by atoms with Crippen molar-refractivity contribution in [2.45, 2.75) is 45.2 Å². The van der Waals surface area contributed by atoms with Gasteiger partial charge in [-0.05, 0) is 32.7 Å². The number of aryl methyl sites for hydroxylation is 1. The highest BCUT2D eigenvalue weighted by Gasteiger charge is 2.21. The summed E-state index contributed by atoms with van der Waals surface area (Å²) in [5.41, 5.74) is 0. The number of aliphatic hydroxyl groups is 1. The lowest BCUT2D eigenvalue weighted by atomic mass is 10.0. The number of nitrogens with zero attached hydrogens (tertiary/aromatic N) is 3. The van der Waals surface area contributed by atoms with Gasteiger partial charge in [0.1, 0.15) is 11.6 Å². The van der Waals surface area contributed by atoms with Crippen LogP contribution in [0.15, 0.2) is 0 Å². The highest BCUT2D eigenvalue weighted by atomic mass is 16.3. The van der Waals surface area contributed by atoms with Crippen LogP contribution in [0.5, 0.6) is 0 Å². The smallest absolute Gasteiger partial charge is 0.150 e. The Morgan fingerprint density at radius 1 is 1.44 bits per heavy atom. The van der Waals surface area contributed by atoms with Crippen LogP contribution >= 0.6 is 0 Å². The molecule has 0 aromatic carbocycles. The molecule has 1 aromatic heterocycles. The molecule has 1 unspecified atom stereocenters. The van der Waals surface area contributed by atoms with Gasteiger partial charge < -0.3 is 15.0 Å². The first-order chi connectivity index (χ1) is 7.83. The molecule has 0 saturated carbocycles. The van der Waals surface area contributed by atoms with Crippen LogP contribution in [0.1, 0.15) is 43.4 Å². The van der Waals surface area contributed by atoms with Gasteiger partial charge in [0.15, 0.2) is 0 Å². The maximum atomic E-state index is 8.89. The third-order valence-corrected chi connectivity index (χ3v) is 3.13. The molecule has 1 aromatic rings. The van der Waals surface area contributed by atoms with E-state index in [1.807, 2.05) is 6.92 Å². The van der Waals surface area contributed by atoms with E-state index in [9.17, 15) is 0 Å². The number of hydrogen-bond acceptors (Lipinski definition) is 4. The van der Waals surface area contributed by atoms with E-state index in [4.69, 9.17) is 5.11 Å². The number of aromatic nitrogens is 3. The van der Waals surface area contributed by atoms with Crippen LogP contribution < -0.4 is 5.32 Å². The third-order valence-electron chi connectivity index (χ3n) is 3.13. The molecule has 0 bridgehead atoms. The fraction of sp³-hybridized carbons (Fsp3) is 0.818. The molecule has 1 aliphatic rings. The molecular formula is C11H20N4O. The van der Waals surface area contributed by atoms with Crippen LogP contribution in [-0.4, -0.2) is 33.0 Å². The van der Waals surface area contributed by atoms with Gasteiger partial charge in [-0.3, -0.25) is 0 Å². The van der Waals surface area contributed by atoms with Crippen LogP contribution in [0, 0.1) is 6.92 Å². The summed E-state index contributed by atoms with van der Waals surface area (Å²) in [5, 5.41) is 20.8. The maximum absolute atomic E-state index is 8.89. The van der Waals surface area contributed by atoms with E-state index in [2.05, 4.69) is 20.1 Å². The van der Waals surface area contributed by atoms with E-state index in [1.165, 1.54) is 12.8 Å². The summed E-state index contributed by atoms with van der Waals surface area (Å²) in [4.78, 5) is 0. The van der Waals surface area contributed by atoms with Crippen LogP contribution in [0.2, 0.25) is 0 Å². The summed E-state index contributed by atoms with van der Waals surface area (Å²) >= 11 is 0. The van der Waals surface area contributed by atoms with Gasteiger partial charge in [-0.2, -0.15) is 0 Å². The Kier molecular flexibility index (Phi) is 3.90. The largest absolute Gasteiger partial charge is 0.396 e. The van der Waals surface area contributed by atoms with Crippen LogP contribution in [0.4, 0.5) is 0 Å². The average Bonchev–Trinajstić information content (AvgIpc) is 2.69. The Labute approximate surface area is 95.9 Å². The second-order valence-corrected chi connectivity index (χ2v) is 4.34. The molecule has 16 heavy (non-hydrogen) atoms. The first-order valence-electron chi connectivity index (χ1n) is 6.07. The summed E-state index contributed by atoms with van der Waals surface area (Å²) in [5.74, 6) is 1.97. The second kappa shape index (κ2) is 5.41. The minimum absolute atomic E-state index is 0.217. The van der Waals surface area contributed by atoms with Crippen molar-refractivity contribution in [2.24, 2.45) is 0 Å². The zero-order valence-corrected chi connectivity index (χ0v) is 9.82. The molecule has 1 atom stereocenters. The van der Waals surface area contributed by atoms with Gasteiger partial charge in [-0.1, -0.05) is 6.42 Å². The van der Waals surface area contributed by atoms with Gasteiger partial charge in [0.25, 0.3) is 0 Å². The first kappa shape index (κ1) is 11.5. The van der Waals surface area contributed by atoms with Gasteiger partial charge in [-0.15, -0.1) is 10.2 Å². The lowest BCUT2D eigenvalue weighted by molar-refractivity contribution is 0.276. The normalized spacial score (nSPS) is 21.2. The zero-order chi connectivity index (χ0) is 11.4. The zero-order valence-electron chi connectivity index (χ0n) is 9.82.